The first-order valence-corrected chi connectivity index (χ1v) is 4.65. The summed E-state index contributed by atoms with van der Waals surface area (Å²) < 4.78 is 0. The molecule has 0 aromatic carbocycles. The molecule has 0 aliphatic rings. The quantitative estimate of drug-likeness (QED) is 0.646. The lowest BCUT2D eigenvalue weighted by Gasteiger charge is -2.18. The van der Waals surface area contributed by atoms with Gasteiger partial charge in [-0.05, 0) is 26.0 Å². The zero-order chi connectivity index (χ0) is 11.5. The Morgan fingerprint density at radius 3 is 2.80 bits per heavy atom. The van der Waals surface area contributed by atoms with Gasteiger partial charge < -0.3 is 16.0 Å². The Kier molecular flexibility index (Phi) is 3.26. The number of hydrogen-bond donors (Lipinski definition) is 3. The van der Waals surface area contributed by atoms with Crippen LogP contribution in [0.1, 0.15) is 24.2 Å². The van der Waals surface area contributed by atoms with Crippen LogP contribution < -0.4 is 16.6 Å². The average Bonchev–Trinajstić information content (AvgIpc) is 2.14. The van der Waals surface area contributed by atoms with Gasteiger partial charge in [-0.25, -0.2) is 0 Å². The van der Waals surface area contributed by atoms with Gasteiger partial charge in [0.15, 0.2) is 0 Å². The van der Waals surface area contributed by atoms with E-state index in [1.54, 1.807) is 19.9 Å². The van der Waals surface area contributed by atoms with Crippen LogP contribution in [0.15, 0.2) is 23.1 Å². The fourth-order valence-electron chi connectivity index (χ4n) is 1.00. The first-order chi connectivity index (χ1) is 6.90. The molecule has 82 valence electrons. The predicted molar refractivity (Wildman–Crippen MR) is 57.7 cm³/mol. The number of rotatable bonds is 3. The molecule has 1 aromatic heterocycles. The Bertz CT molecular complexity index is 404. The lowest BCUT2D eigenvalue weighted by Crippen LogP contribution is -2.45. The monoisotopic (exact) mass is 209 g/mol. The third kappa shape index (κ3) is 3.55. The van der Waals surface area contributed by atoms with Crippen molar-refractivity contribution >= 4 is 5.91 Å². The summed E-state index contributed by atoms with van der Waals surface area (Å²) >= 11 is 0. The number of aromatic amines is 1. The van der Waals surface area contributed by atoms with Gasteiger partial charge in [-0.3, -0.25) is 9.59 Å². The lowest BCUT2D eigenvalue weighted by molar-refractivity contribution is 0.0944. The average molecular weight is 209 g/mol. The molecule has 5 nitrogen and oxygen atoms in total. The van der Waals surface area contributed by atoms with E-state index in [1.165, 1.54) is 12.3 Å². The molecule has 1 rings (SSSR count). The van der Waals surface area contributed by atoms with E-state index in [2.05, 4.69) is 10.3 Å². The molecular weight excluding hydrogens is 194 g/mol. The predicted octanol–water partition coefficient (Wildman–Crippen LogP) is -0.158. The number of carbonyl (C=O) groups excluding carboxylic acids is 1. The van der Waals surface area contributed by atoms with Crippen LogP contribution in [0, 0.1) is 0 Å². The Morgan fingerprint density at radius 2 is 2.27 bits per heavy atom. The summed E-state index contributed by atoms with van der Waals surface area (Å²) in [5.41, 5.74) is 4.91. The maximum absolute atomic E-state index is 11.5. The molecular formula is C10H15N3O2. The van der Waals surface area contributed by atoms with Gasteiger partial charge in [0.1, 0.15) is 5.56 Å². The van der Waals surface area contributed by atoms with Crippen molar-refractivity contribution in [2.75, 3.05) is 6.54 Å². The van der Waals surface area contributed by atoms with Crippen molar-refractivity contribution < 1.29 is 4.79 Å². The molecule has 0 fully saturated rings. The van der Waals surface area contributed by atoms with E-state index in [-0.39, 0.29) is 5.56 Å². The lowest BCUT2D eigenvalue weighted by atomic mass is 10.1. The number of carbonyl (C=O) groups is 1. The normalized spacial score (nSPS) is 11.1. The SMILES string of the molecule is CC(C)(N)CNC(=O)c1ccc[nH]c1=O. The molecule has 0 saturated heterocycles. The van der Waals surface area contributed by atoms with Gasteiger partial charge in [-0.1, -0.05) is 0 Å². The Hall–Kier alpha value is -1.62. The summed E-state index contributed by atoms with van der Waals surface area (Å²) in [6.45, 7) is 3.91. The Morgan fingerprint density at radius 1 is 1.60 bits per heavy atom. The van der Waals surface area contributed by atoms with Crippen LogP contribution in [0.3, 0.4) is 0 Å². The molecule has 1 amide bonds. The van der Waals surface area contributed by atoms with E-state index in [9.17, 15) is 9.59 Å². The molecule has 0 radical (unpaired) electrons. The first kappa shape index (κ1) is 11.5. The number of hydrogen-bond acceptors (Lipinski definition) is 3. The smallest absolute Gasteiger partial charge is 0.260 e. The van der Waals surface area contributed by atoms with Crippen molar-refractivity contribution in [3.63, 3.8) is 0 Å². The minimum atomic E-state index is -0.489. The minimum absolute atomic E-state index is 0.0988. The van der Waals surface area contributed by atoms with Crippen molar-refractivity contribution in [2.24, 2.45) is 5.73 Å². The fraction of sp³-hybridized carbons (Fsp3) is 0.400. The summed E-state index contributed by atoms with van der Waals surface area (Å²) in [4.78, 5) is 25.2. The maximum Gasteiger partial charge on any atom is 0.260 e. The second-order valence-electron chi connectivity index (χ2n) is 4.08. The number of nitrogens with two attached hydrogens (primary N) is 1. The van der Waals surface area contributed by atoms with Crippen LogP contribution in [-0.4, -0.2) is 23.0 Å². The summed E-state index contributed by atoms with van der Waals surface area (Å²) in [5, 5.41) is 2.60. The molecule has 1 aromatic rings. The van der Waals surface area contributed by atoms with Gasteiger partial charge in [-0.15, -0.1) is 0 Å². The van der Waals surface area contributed by atoms with Gasteiger partial charge in [0.05, 0.1) is 0 Å². The number of pyridine rings is 1. The van der Waals surface area contributed by atoms with Crippen LogP contribution in [0.25, 0.3) is 0 Å². The Labute approximate surface area is 87.7 Å². The van der Waals surface area contributed by atoms with Crippen molar-refractivity contribution in [2.45, 2.75) is 19.4 Å². The zero-order valence-corrected chi connectivity index (χ0v) is 8.83. The third-order valence-corrected chi connectivity index (χ3v) is 1.77. The molecule has 0 aliphatic carbocycles. The molecule has 0 saturated carbocycles. The van der Waals surface area contributed by atoms with Crippen LogP contribution >= 0.6 is 0 Å². The first-order valence-electron chi connectivity index (χ1n) is 4.65. The van der Waals surface area contributed by atoms with Crippen LogP contribution in [0.5, 0.6) is 0 Å². The van der Waals surface area contributed by atoms with Crippen LogP contribution in [0.2, 0.25) is 0 Å². The van der Waals surface area contributed by atoms with E-state index in [1.807, 2.05) is 0 Å². The molecule has 1 heterocycles. The standard InChI is InChI=1S/C10H15N3O2/c1-10(2,11)6-13-9(15)7-4-3-5-12-8(7)14/h3-5H,6,11H2,1-2H3,(H,12,14)(H,13,15). The molecule has 0 unspecified atom stereocenters. The van der Waals surface area contributed by atoms with E-state index in [0.29, 0.717) is 6.54 Å². The van der Waals surface area contributed by atoms with Crippen molar-refractivity contribution in [3.8, 4) is 0 Å². The number of H-pyrrole nitrogens is 1. The number of nitrogens with one attached hydrogen (secondary N) is 2. The van der Waals surface area contributed by atoms with Gasteiger partial charge in [0.2, 0.25) is 0 Å². The second-order valence-corrected chi connectivity index (χ2v) is 4.08. The highest BCUT2D eigenvalue weighted by atomic mass is 16.2. The number of aromatic nitrogens is 1. The van der Waals surface area contributed by atoms with E-state index >= 15 is 0 Å². The maximum atomic E-state index is 11.5. The highest BCUT2D eigenvalue weighted by Crippen LogP contribution is 1.95. The summed E-state index contributed by atoms with van der Waals surface area (Å²) in [5.74, 6) is -0.407. The van der Waals surface area contributed by atoms with Gasteiger partial charge >= 0.3 is 0 Å². The third-order valence-electron chi connectivity index (χ3n) is 1.77. The molecule has 4 N–H and O–H groups in total. The molecule has 0 bridgehead atoms. The van der Waals surface area contributed by atoms with E-state index < -0.39 is 17.0 Å². The van der Waals surface area contributed by atoms with Gasteiger partial charge in [0.25, 0.3) is 11.5 Å². The largest absolute Gasteiger partial charge is 0.350 e. The molecule has 0 atom stereocenters. The van der Waals surface area contributed by atoms with Gasteiger partial charge in [0, 0.05) is 18.3 Å². The van der Waals surface area contributed by atoms with Crippen LogP contribution in [0.4, 0.5) is 0 Å². The van der Waals surface area contributed by atoms with Crippen molar-refractivity contribution in [1.29, 1.82) is 0 Å². The van der Waals surface area contributed by atoms with Crippen molar-refractivity contribution in [1.82, 2.24) is 10.3 Å². The highest BCUT2D eigenvalue weighted by molar-refractivity contribution is 5.93. The zero-order valence-electron chi connectivity index (χ0n) is 8.83. The van der Waals surface area contributed by atoms with Crippen molar-refractivity contribution in [3.05, 3.63) is 34.2 Å². The topological polar surface area (TPSA) is 88.0 Å². The summed E-state index contributed by atoms with van der Waals surface area (Å²) in [7, 11) is 0. The minimum Gasteiger partial charge on any atom is -0.350 e. The second kappa shape index (κ2) is 4.27. The highest BCUT2D eigenvalue weighted by Gasteiger charge is 2.14. The Balaban J connectivity index is 2.71. The molecule has 15 heavy (non-hydrogen) atoms. The summed E-state index contributed by atoms with van der Waals surface area (Å²) in [6.07, 6.45) is 1.48. The van der Waals surface area contributed by atoms with E-state index in [0.717, 1.165) is 0 Å². The van der Waals surface area contributed by atoms with E-state index in [4.69, 9.17) is 5.73 Å². The van der Waals surface area contributed by atoms with Crippen LogP contribution in [-0.2, 0) is 0 Å². The van der Waals surface area contributed by atoms with Gasteiger partial charge in [-0.2, -0.15) is 0 Å². The summed E-state index contributed by atoms with van der Waals surface area (Å²) in [6, 6.07) is 3.07. The fourth-order valence-corrected chi connectivity index (χ4v) is 1.00. The molecule has 5 heteroatoms. The molecule has 0 spiro atoms. The molecule has 0 aliphatic heterocycles. The number of amides is 1.